The van der Waals surface area contributed by atoms with E-state index in [-0.39, 0.29) is 18.7 Å². The largest absolute Gasteiger partial charge is 0.462 e. The van der Waals surface area contributed by atoms with Gasteiger partial charge in [-0.2, -0.15) is 0 Å². The van der Waals surface area contributed by atoms with Crippen LogP contribution in [0.3, 0.4) is 0 Å². The summed E-state index contributed by atoms with van der Waals surface area (Å²) in [5.74, 6) is 6.02. The minimum Gasteiger partial charge on any atom is -0.462 e. The van der Waals surface area contributed by atoms with Crippen molar-refractivity contribution in [1.82, 2.24) is 0 Å². The molecule has 0 aromatic rings. The molecule has 0 saturated heterocycles. The maximum absolute atomic E-state index is 12.5. The van der Waals surface area contributed by atoms with E-state index in [1.165, 1.54) is 57.8 Å². The van der Waals surface area contributed by atoms with Crippen LogP contribution in [0.2, 0.25) is 0 Å². The molecular formula is C36H62O3. The molecule has 3 fully saturated rings. The molecule has 0 aromatic carbocycles. The first-order valence-electron chi connectivity index (χ1n) is 17.1. The summed E-state index contributed by atoms with van der Waals surface area (Å²) in [5.41, 5.74) is 2.46. The number of rotatable bonds is 13. The number of unbranched alkanes of at least 4 members (excludes halogenated alkanes) is 3. The van der Waals surface area contributed by atoms with Gasteiger partial charge in [0, 0.05) is 19.4 Å². The normalized spacial score (nSPS) is 37.4. The molecule has 0 radical (unpaired) electrons. The van der Waals surface area contributed by atoms with Crippen LogP contribution in [0.5, 0.6) is 0 Å². The van der Waals surface area contributed by atoms with Gasteiger partial charge in [0.2, 0.25) is 0 Å². The number of aliphatic hydroxyl groups excluding tert-OH is 1. The lowest BCUT2D eigenvalue weighted by atomic mass is 9.47. The molecule has 224 valence electrons. The Hall–Kier alpha value is -0.830. The number of hydrogen-bond acceptors (Lipinski definition) is 3. The van der Waals surface area contributed by atoms with E-state index >= 15 is 0 Å². The quantitative estimate of drug-likeness (QED) is 0.143. The molecule has 0 bridgehead atoms. The number of allylic oxidation sites excluding steroid dienone is 1. The van der Waals surface area contributed by atoms with Gasteiger partial charge in [-0.15, -0.1) is 0 Å². The Morgan fingerprint density at radius 2 is 1.77 bits per heavy atom. The third-order valence-corrected chi connectivity index (χ3v) is 12.9. The summed E-state index contributed by atoms with van der Waals surface area (Å²) in [7, 11) is 0. The SMILES string of the molecule is CC[C@H](CC[C@@H](C)[C@H]1CC[C@H]2[C@@H]3CC=C4CC(OC(=O)CCCCCCO)CC[C@]4(C)[C@H]3CC[C@]12C)C(C)C. The van der Waals surface area contributed by atoms with Crippen molar-refractivity contribution in [2.24, 2.45) is 52.3 Å². The molecule has 0 heterocycles. The first-order chi connectivity index (χ1) is 18.6. The van der Waals surface area contributed by atoms with Crippen LogP contribution in [0.25, 0.3) is 0 Å². The van der Waals surface area contributed by atoms with E-state index in [1.807, 2.05) is 0 Å². The lowest BCUT2D eigenvalue weighted by Gasteiger charge is -2.58. The molecule has 9 atom stereocenters. The van der Waals surface area contributed by atoms with Crippen LogP contribution >= 0.6 is 0 Å². The average Bonchev–Trinajstić information content (AvgIpc) is 3.26. The highest BCUT2D eigenvalue weighted by atomic mass is 16.5. The minimum atomic E-state index is -0.0138. The summed E-state index contributed by atoms with van der Waals surface area (Å²) in [6.45, 7) is 15.3. The summed E-state index contributed by atoms with van der Waals surface area (Å²) in [6, 6.07) is 0. The molecule has 0 aromatic heterocycles. The van der Waals surface area contributed by atoms with Crippen molar-refractivity contribution in [3.63, 3.8) is 0 Å². The van der Waals surface area contributed by atoms with Gasteiger partial charge in [0.25, 0.3) is 0 Å². The highest BCUT2D eigenvalue weighted by Gasteiger charge is 2.59. The number of ether oxygens (including phenoxy) is 1. The molecule has 0 spiro atoms. The molecular weight excluding hydrogens is 480 g/mol. The summed E-state index contributed by atoms with van der Waals surface area (Å²) in [6.07, 6.45) is 21.3. The van der Waals surface area contributed by atoms with Crippen LogP contribution in [0.15, 0.2) is 11.6 Å². The van der Waals surface area contributed by atoms with Gasteiger partial charge >= 0.3 is 5.97 Å². The number of aliphatic hydroxyl groups is 1. The third kappa shape index (κ3) is 6.65. The second-order valence-corrected chi connectivity index (χ2v) is 15.2. The van der Waals surface area contributed by atoms with E-state index in [1.54, 1.807) is 5.57 Å². The van der Waals surface area contributed by atoms with Gasteiger partial charge in [0.05, 0.1) is 0 Å². The van der Waals surface area contributed by atoms with E-state index < -0.39 is 0 Å². The Labute approximate surface area is 241 Å². The lowest BCUT2D eigenvalue weighted by Crippen LogP contribution is -2.51. The van der Waals surface area contributed by atoms with Crippen molar-refractivity contribution < 1.29 is 14.6 Å². The molecule has 4 rings (SSSR count). The van der Waals surface area contributed by atoms with Crippen LogP contribution in [-0.2, 0) is 9.53 Å². The Morgan fingerprint density at radius 3 is 2.49 bits per heavy atom. The zero-order chi connectivity index (χ0) is 28.2. The fraction of sp³-hybridized carbons (Fsp3) is 0.917. The highest BCUT2D eigenvalue weighted by Crippen LogP contribution is 2.67. The second-order valence-electron chi connectivity index (χ2n) is 15.2. The zero-order valence-electron chi connectivity index (χ0n) is 26.5. The summed E-state index contributed by atoms with van der Waals surface area (Å²) < 4.78 is 5.99. The maximum atomic E-state index is 12.5. The minimum absolute atomic E-state index is 0.0138. The molecule has 1 unspecified atom stereocenters. The van der Waals surface area contributed by atoms with Crippen LogP contribution < -0.4 is 0 Å². The second kappa shape index (κ2) is 13.4. The number of fused-ring (bicyclic) bond motifs is 5. The predicted molar refractivity (Wildman–Crippen MR) is 162 cm³/mol. The van der Waals surface area contributed by atoms with Crippen molar-refractivity contribution in [2.45, 2.75) is 150 Å². The van der Waals surface area contributed by atoms with E-state index in [0.717, 1.165) is 80.0 Å². The highest BCUT2D eigenvalue weighted by molar-refractivity contribution is 5.69. The Bertz CT molecular complexity index is 831. The fourth-order valence-corrected chi connectivity index (χ4v) is 10.4. The zero-order valence-corrected chi connectivity index (χ0v) is 26.5. The predicted octanol–water partition coefficient (Wildman–Crippen LogP) is 9.52. The van der Waals surface area contributed by atoms with Crippen LogP contribution in [0, 0.1) is 52.3 Å². The molecule has 4 aliphatic carbocycles. The fourth-order valence-electron chi connectivity index (χ4n) is 10.4. The number of carbonyl (C=O) groups excluding carboxylic acids is 1. The van der Waals surface area contributed by atoms with Crippen molar-refractivity contribution in [2.75, 3.05) is 6.61 Å². The molecule has 3 heteroatoms. The molecule has 3 saturated carbocycles. The number of carbonyl (C=O) groups is 1. The van der Waals surface area contributed by atoms with Gasteiger partial charge in [0.1, 0.15) is 6.10 Å². The van der Waals surface area contributed by atoms with E-state index in [0.29, 0.717) is 17.3 Å². The summed E-state index contributed by atoms with van der Waals surface area (Å²) >= 11 is 0. The third-order valence-electron chi connectivity index (χ3n) is 12.9. The average molecular weight is 543 g/mol. The summed E-state index contributed by atoms with van der Waals surface area (Å²) in [5, 5.41) is 8.93. The maximum Gasteiger partial charge on any atom is 0.306 e. The Kier molecular flexibility index (Phi) is 10.7. The molecule has 0 aliphatic heterocycles. The standard InChI is InChI=1S/C36H62O3/c1-7-27(25(2)3)14-13-26(4)31-17-18-32-30-16-15-28-24-29(39-34(38)12-10-8-9-11-23-37)19-21-35(28,5)33(30)20-22-36(31,32)6/h15,25-27,29-33,37H,7-14,16-24H2,1-6H3/t26-,27-,29?,30+,31-,32+,33+,35+,36-/m1/s1. The molecule has 4 aliphatic rings. The smallest absolute Gasteiger partial charge is 0.306 e. The van der Waals surface area contributed by atoms with Gasteiger partial charge in [0.15, 0.2) is 0 Å². The van der Waals surface area contributed by atoms with Gasteiger partial charge in [-0.05, 0) is 116 Å². The summed E-state index contributed by atoms with van der Waals surface area (Å²) in [4.78, 5) is 12.5. The van der Waals surface area contributed by atoms with Gasteiger partial charge in [-0.1, -0.05) is 78.9 Å². The first-order valence-corrected chi connectivity index (χ1v) is 17.1. The van der Waals surface area contributed by atoms with Crippen LogP contribution in [-0.4, -0.2) is 23.8 Å². The monoisotopic (exact) mass is 542 g/mol. The molecule has 0 amide bonds. The Morgan fingerprint density at radius 1 is 1.00 bits per heavy atom. The van der Waals surface area contributed by atoms with Gasteiger partial charge < -0.3 is 9.84 Å². The van der Waals surface area contributed by atoms with Gasteiger partial charge in [-0.3, -0.25) is 4.79 Å². The molecule has 1 N–H and O–H groups in total. The lowest BCUT2D eigenvalue weighted by molar-refractivity contribution is -0.151. The van der Waals surface area contributed by atoms with Crippen molar-refractivity contribution in [3.05, 3.63) is 11.6 Å². The van der Waals surface area contributed by atoms with E-state index in [4.69, 9.17) is 9.84 Å². The van der Waals surface area contributed by atoms with Crippen molar-refractivity contribution in [3.8, 4) is 0 Å². The van der Waals surface area contributed by atoms with Crippen molar-refractivity contribution >= 4 is 5.97 Å². The molecule has 39 heavy (non-hydrogen) atoms. The Balaban J connectivity index is 1.34. The van der Waals surface area contributed by atoms with Crippen molar-refractivity contribution in [1.29, 1.82) is 0 Å². The van der Waals surface area contributed by atoms with Crippen LogP contribution in [0.4, 0.5) is 0 Å². The van der Waals surface area contributed by atoms with E-state index in [2.05, 4.69) is 47.6 Å². The first kappa shape index (κ1) is 31.1. The van der Waals surface area contributed by atoms with Gasteiger partial charge in [-0.25, -0.2) is 0 Å². The van der Waals surface area contributed by atoms with E-state index in [9.17, 15) is 4.79 Å². The number of esters is 1. The number of hydrogen-bond donors (Lipinski definition) is 1. The van der Waals surface area contributed by atoms with Crippen LogP contribution in [0.1, 0.15) is 144 Å². The topological polar surface area (TPSA) is 46.5 Å². The molecule has 3 nitrogen and oxygen atoms in total.